The Morgan fingerprint density at radius 1 is 0.545 bits per heavy atom. The number of benzene rings is 4. The summed E-state index contributed by atoms with van der Waals surface area (Å²) in [7, 11) is 0. The van der Waals surface area contributed by atoms with E-state index in [0.717, 1.165) is 45.6 Å². The fraction of sp³-hybridized carbons (Fsp3) is 0.0625. The summed E-state index contributed by atoms with van der Waals surface area (Å²) in [5.74, 6) is 0.951. The van der Waals surface area contributed by atoms with Crippen molar-refractivity contribution in [3.63, 3.8) is 0 Å². The van der Waals surface area contributed by atoms with Gasteiger partial charge in [-0.25, -0.2) is 0 Å². The summed E-state index contributed by atoms with van der Waals surface area (Å²) in [6, 6.07) is 34.8. The van der Waals surface area contributed by atoms with Crippen LogP contribution in [0.25, 0.3) is 36.5 Å². The molecule has 0 saturated carbocycles. The molecular weight excluding hydrogens is 400 g/mol. The molecule has 0 N–H and O–H groups in total. The maximum absolute atomic E-state index is 6.09. The van der Waals surface area contributed by atoms with E-state index in [2.05, 4.69) is 115 Å². The number of rotatable bonds is 6. The summed E-state index contributed by atoms with van der Waals surface area (Å²) in [5.41, 5.74) is 7.92. The highest BCUT2D eigenvalue weighted by atomic mass is 16.5. The molecule has 1 heteroatoms. The number of hydrogen-bond donors (Lipinski definition) is 0. The first kappa shape index (κ1) is 20.8. The van der Waals surface area contributed by atoms with E-state index >= 15 is 0 Å². The van der Waals surface area contributed by atoms with E-state index in [1.54, 1.807) is 0 Å². The zero-order chi connectivity index (χ0) is 22.3. The predicted octanol–water partition coefficient (Wildman–Crippen LogP) is 7.93. The molecule has 0 saturated heterocycles. The van der Waals surface area contributed by atoms with Crippen LogP contribution in [0.1, 0.15) is 38.9 Å². The first-order chi connectivity index (χ1) is 16.4. The molecule has 33 heavy (non-hydrogen) atoms. The third-order valence-electron chi connectivity index (χ3n) is 5.71. The zero-order valence-electron chi connectivity index (χ0n) is 18.4. The van der Waals surface area contributed by atoms with E-state index in [1.807, 2.05) is 18.2 Å². The predicted molar refractivity (Wildman–Crippen MR) is 141 cm³/mol. The number of ether oxygens (including phenoxy) is 1. The Balaban J connectivity index is 1.63. The number of hydrogen-bond acceptors (Lipinski definition) is 1. The van der Waals surface area contributed by atoms with Gasteiger partial charge in [0, 0.05) is 17.5 Å². The van der Waals surface area contributed by atoms with Crippen LogP contribution in [0.5, 0.6) is 5.75 Å². The van der Waals surface area contributed by atoms with E-state index in [0.29, 0.717) is 6.61 Å². The van der Waals surface area contributed by atoms with Gasteiger partial charge in [0.05, 0.1) is 6.61 Å². The van der Waals surface area contributed by atoms with Crippen molar-refractivity contribution in [1.29, 1.82) is 0 Å². The second-order valence-electron chi connectivity index (χ2n) is 8.00. The van der Waals surface area contributed by atoms with Gasteiger partial charge in [-0.15, -0.1) is 0 Å². The SMILES string of the molecule is [c]1c(C=Cc2ccccc2)c(C=Cc2ccccc2)c(C=Cc2ccccc2)c2c1CCO2. The second kappa shape index (κ2) is 10.0. The zero-order valence-corrected chi connectivity index (χ0v) is 18.4. The molecule has 1 nitrogen and oxygen atoms in total. The molecule has 0 spiro atoms. The topological polar surface area (TPSA) is 9.23 Å². The van der Waals surface area contributed by atoms with Crippen molar-refractivity contribution < 1.29 is 4.74 Å². The lowest BCUT2D eigenvalue weighted by Crippen LogP contribution is -1.94. The van der Waals surface area contributed by atoms with Crippen LogP contribution < -0.4 is 4.74 Å². The molecule has 4 aromatic rings. The van der Waals surface area contributed by atoms with Crippen LogP contribution in [0, 0.1) is 6.07 Å². The standard InChI is InChI=1S/C32H25O/c1-4-10-25(11-5-1)16-19-28-24-29-22-23-33-32(29)31(21-18-27-14-8-3-9-15-27)30(28)20-17-26-12-6-2-7-13-26/h1-21H,22-23H2. The van der Waals surface area contributed by atoms with Gasteiger partial charge >= 0.3 is 0 Å². The van der Waals surface area contributed by atoms with Crippen molar-refractivity contribution in [2.75, 3.05) is 6.61 Å². The van der Waals surface area contributed by atoms with E-state index in [4.69, 9.17) is 4.74 Å². The molecule has 0 aromatic heterocycles. The van der Waals surface area contributed by atoms with Crippen molar-refractivity contribution in [2.45, 2.75) is 6.42 Å². The Morgan fingerprint density at radius 3 is 1.58 bits per heavy atom. The summed E-state index contributed by atoms with van der Waals surface area (Å²) in [6.45, 7) is 0.700. The summed E-state index contributed by atoms with van der Waals surface area (Å²) in [6.07, 6.45) is 13.9. The summed E-state index contributed by atoms with van der Waals surface area (Å²) in [5, 5.41) is 0. The highest BCUT2D eigenvalue weighted by molar-refractivity contribution is 5.88. The molecule has 1 aliphatic rings. The molecule has 0 atom stereocenters. The molecule has 0 amide bonds. The molecule has 0 bridgehead atoms. The minimum Gasteiger partial charge on any atom is -0.492 e. The van der Waals surface area contributed by atoms with Gasteiger partial charge in [0.25, 0.3) is 0 Å². The molecule has 0 fully saturated rings. The molecule has 5 rings (SSSR count). The van der Waals surface area contributed by atoms with Crippen LogP contribution in [0.15, 0.2) is 91.0 Å². The average molecular weight is 426 g/mol. The van der Waals surface area contributed by atoms with E-state index < -0.39 is 0 Å². The van der Waals surface area contributed by atoms with Crippen LogP contribution in [0.4, 0.5) is 0 Å². The molecule has 159 valence electrons. The van der Waals surface area contributed by atoms with Crippen LogP contribution in [0.2, 0.25) is 0 Å². The van der Waals surface area contributed by atoms with Gasteiger partial charge in [-0.3, -0.25) is 0 Å². The van der Waals surface area contributed by atoms with Crippen LogP contribution >= 0.6 is 0 Å². The maximum atomic E-state index is 6.09. The quantitative estimate of drug-likeness (QED) is 0.285. The Kier molecular flexibility index (Phi) is 6.31. The Labute approximate surface area is 196 Å². The van der Waals surface area contributed by atoms with Crippen molar-refractivity contribution in [1.82, 2.24) is 0 Å². The largest absolute Gasteiger partial charge is 0.492 e. The van der Waals surface area contributed by atoms with Crippen molar-refractivity contribution in [2.24, 2.45) is 0 Å². The van der Waals surface area contributed by atoms with Gasteiger partial charge in [-0.1, -0.05) is 127 Å². The van der Waals surface area contributed by atoms with Crippen molar-refractivity contribution >= 4 is 36.5 Å². The average Bonchev–Trinajstić information content (AvgIpc) is 3.35. The van der Waals surface area contributed by atoms with Gasteiger partial charge in [-0.2, -0.15) is 0 Å². The van der Waals surface area contributed by atoms with Crippen molar-refractivity contribution in [3.05, 3.63) is 136 Å². The van der Waals surface area contributed by atoms with Gasteiger partial charge in [0.15, 0.2) is 0 Å². The summed E-state index contributed by atoms with van der Waals surface area (Å²) >= 11 is 0. The lowest BCUT2D eigenvalue weighted by atomic mass is 9.93. The lowest BCUT2D eigenvalue weighted by Gasteiger charge is -2.12. The van der Waals surface area contributed by atoms with Gasteiger partial charge in [0.1, 0.15) is 5.75 Å². The maximum Gasteiger partial charge on any atom is 0.131 e. The van der Waals surface area contributed by atoms with Gasteiger partial charge in [0.2, 0.25) is 0 Å². The second-order valence-corrected chi connectivity index (χ2v) is 8.00. The monoisotopic (exact) mass is 425 g/mol. The van der Waals surface area contributed by atoms with Gasteiger partial charge < -0.3 is 4.74 Å². The highest BCUT2D eigenvalue weighted by Gasteiger charge is 2.20. The molecule has 1 radical (unpaired) electrons. The summed E-state index contributed by atoms with van der Waals surface area (Å²) in [4.78, 5) is 0. The van der Waals surface area contributed by atoms with Gasteiger partial charge in [-0.05, 0) is 33.9 Å². The highest BCUT2D eigenvalue weighted by Crippen LogP contribution is 2.37. The van der Waals surface area contributed by atoms with Crippen LogP contribution in [-0.4, -0.2) is 6.61 Å². The third kappa shape index (κ3) is 5.05. The minimum absolute atomic E-state index is 0.700. The Bertz CT molecular complexity index is 1300. The van der Waals surface area contributed by atoms with E-state index in [1.165, 1.54) is 5.56 Å². The molecule has 0 unspecified atom stereocenters. The summed E-state index contributed by atoms with van der Waals surface area (Å²) < 4.78 is 6.09. The number of fused-ring (bicyclic) bond motifs is 1. The molecule has 1 heterocycles. The first-order valence-electron chi connectivity index (χ1n) is 11.3. The Morgan fingerprint density at radius 2 is 1.03 bits per heavy atom. The van der Waals surface area contributed by atoms with E-state index in [9.17, 15) is 0 Å². The fourth-order valence-electron chi connectivity index (χ4n) is 4.02. The molecule has 1 aliphatic heterocycles. The normalized spacial score (nSPS) is 13.1. The Hall–Kier alpha value is -4.10. The molecule has 4 aromatic carbocycles. The van der Waals surface area contributed by atoms with Crippen molar-refractivity contribution in [3.8, 4) is 5.75 Å². The molecular formula is C32H25O. The van der Waals surface area contributed by atoms with Crippen LogP contribution in [-0.2, 0) is 6.42 Å². The fourth-order valence-corrected chi connectivity index (χ4v) is 4.02. The van der Waals surface area contributed by atoms with E-state index in [-0.39, 0.29) is 0 Å². The molecule has 0 aliphatic carbocycles. The first-order valence-corrected chi connectivity index (χ1v) is 11.3. The minimum atomic E-state index is 0.700. The smallest absolute Gasteiger partial charge is 0.131 e. The third-order valence-corrected chi connectivity index (χ3v) is 5.71. The lowest BCUT2D eigenvalue weighted by molar-refractivity contribution is 0.356. The van der Waals surface area contributed by atoms with Crippen LogP contribution in [0.3, 0.4) is 0 Å².